The second-order valence-electron chi connectivity index (χ2n) is 3.15. The highest BCUT2D eigenvalue weighted by Gasteiger charge is 2.15. The van der Waals surface area contributed by atoms with Gasteiger partial charge in [-0.2, -0.15) is 0 Å². The van der Waals surface area contributed by atoms with Crippen molar-refractivity contribution in [2.45, 2.75) is 12.0 Å². The van der Waals surface area contributed by atoms with Crippen molar-refractivity contribution < 1.29 is 9.53 Å². The summed E-state index contributed by atoms with van der Waals surface area (Å²) in [7, 11) is 3.21. The number of hydrogen-bond acceptors (Lipinski definition) is 2. The second-order valence-corrected chi connectivity index (χ2v) is 3.59. The predicted molar refractivity (Wildman–Crippen MR) is 59.8 cm³/mol. The van der Waals surface area contributed by atoms with Gasteiger partial charge in [0.25, 0.3) is 0 Å². The highest BCUT2D eigenvalue weighted by molar-refractivity contribution is 6.30. The summed E-state index contributed by atoms with van der Waals surface area (Å²) in [6.45, 7) is 0.563. The van der Waals surface area contributed by atoms with Crippen molar-refractivity contribution in [2.75, 3.05) is 14.2 Å². The smallest absolute Gasteiger partial charge is 0.242 e. The number of hydrogen-bond donors (Lipinski definition) is 1. The normalized spacial score (nSPS) is 12.2. The van der Waals surface area contributed by atoms with E-state index >= 15 is 0 Å². The molecule has 1 amide bonds. The van der Waals surface area contributed by atoms with Crippen LogP contribution < -0.4 is 5.32 Å². The summed E-state index contributed by atoms with van der Waals surface area (Å²) in [4.78, 5) is 11.3. The Morgan fingerprint density at radius 3 is 2.53 bits per heavy atom. The molecule has 1 aromatic rings. The molecule has 0 fully saturated rings. The Labute approximate surface area is 94.4 Å². The van der Waals surface area contributed by atoms with Gasteiger partial charge in [0.2, 0.25) is 5.91 Å². The van der Waals surface area contributed by atoms with E-state index in [4.69, 9.17) is 16.3 Å². The fourth-order valence-electron chi connectivity index (χ4n) is 1.23. The van der Waals surface area contributed by atoms with Crippen LogP contribution in [-0.2, 0) is 16.1 Å². The van der Waals surface area contributed by atoms with Gasteiger partial charge in [0.15, 0.2) is 0 Å². The predicted octanol–water partition coefficient (Wildman–Crippen LogP) is 1.86. The van der Waals surface area contributed by atoms with Crippen LogP contribution in [0.2, 0.25) is 0 Å². The van der Waals surface area contributed by atoms with E-state index in [0.29, 0.717) is 6.61 Å². The van der Waals surface area contributed by atoms with Crippen molar-refractivity contribution in [3.05, 3.63) is 35.4 Å². The summed E-state index contributed by atoms with van der Waals surface area (Å²) >= 11 is 5.94. The van der Waals surface area contributed by atoms with Gasteiger partial charge in [0.1, 0.15) is 5.38 Å². The van der Waals surface area contributed by atoms with Gasteiger partial charge in [0.05, 0.1) is 6.61 Å². The Kier molecular flexibility index (Phi) is 4.59. The van der Waals surface area contributed by atoms with Crippen molar-refractivity contribution in [1.82, 2.24) is 5.32 Å². The summed E-state index contributed by atoms with van der Waals surface area (Å²) in [5, 5.41) is 1.87. The van der Waals surface area contributed by atoms with Gasteiger partial charge in [0, 0.05) is 14.2 Å². The molecule has 0 bridgehead atoms. The first-order chi connectivity index (χ1) is 7.19. The number of halogens is 1. The van der Waals surface area contributed by atoms with Crippen LogP contribution in [0.3, 0.4) is 0 Å². The lowest BCUT2D eigenvalue weighted by Gasteiger charge is -2.08. The Bertz CT molecular complexity index is 324. The summed E-state index contributed by atoms with van der Waals surface area (Å²) in [5.41, 5.74) is 1.85. The quantitative estimate of drug-likeness (QED) is 0.798. The SMILES string of the molecule is CNC(=O)C(Cl)c1ccc(COC)cc1. The molecule has 1 rings (SSSR count). The summed E-state index contributed by atoms with van der Waals surface area (Å²) in [6.07, 6.45) is 0. The van der Waals surface area contributed by atoms with Gasteiger partial charge in [-0.05, 0) is 11.1 Å². The molecule has 1 unspecified atom stereocenters. The van der Waals surface area contributed by atoms with E-state index in [2.05, 4.69) is 5.32 Å². The summed E-state index contributed by atoms with van der Waals surface area (Å²) < 4.78 is 4.98. The maximum absolute atomic E-state index is 11.3. The number of rotatable bonds is 4. The zero-order valence-electron chi connectivity index (χ0n) is 8.79. The lowest BCUT2D eigenvalue weighted by Crippen LogP contribution is -2.22. The van der Waals surface area contributed by atoms with Crippen LogP contribution in [0.5, 0.6) is 0 Å². The van der Waals surface area contributed by atoms with Crippen LogP contribution in [0.15, 0.2) is 24.3 Å². The van der Waals surface area contributed by atoms with Gasteiger partial charge in [-0.25, -0.2) is 0 Å². The van der Waals surface area contributed by atoms with E-state index < -0.39 is 5.38 Å². The minimum Gasteiger partial charge on any atom is -0.380 e. The molecular formula is C11H14ClNO2. The molecule has 0 radical (unpaired) electrons. The first-order valence-corrected chi connectivity index (χ1v) is 5.06. The van der Waals surface area contributed by atoms with Crippen molar-refractivity contribution >= 4 is 17.5 Å². The van der Waals surface area contributed by atoms with Crippen molar-refractivity contribution in [3.63, 3.8) is 0 Å². The van der Waals surface area contributed by atoms with Crippen LogP contribution in [-0.4, -0.2) is 20.1 Å². The van der Waals surface area contributed by atoms with Crippen LogP contribution in [0.1, 0.15) is 16.5 Å². The third kappa shape index (κ3) is 3.22. The minimum absolute atomic E-state index is 0.198. The molecule has 1 N–H and O–H groups in total. The van der Waals surface area contributed by atoms with Crippen molar-refractivity contribution in [1.29, 1.82) is 0 Å². The largest absolute Gasteiger partial charge is 0.380 e. The van der Waals surface area contributed by atoms with E-state index in [1.165, 1.54) is 0 Å². The Morgan fingerprint density at radius 2 is 2.07 bits per heavy atom. The zero-order valence-corrected chi connectivity index (χ0v) is 9.54. The van der Waals surface area contributed by atoms with E-state index in [-0.39, 0.29) is 5.91 Å². The van der Waals surface area contributed by atoms with Gasteiger partial charge in [-0.3, -0.25) is 4.79 Å². The molecule has 3 nitrogen and oxygen atoms in total. The molecule has 0 aliphatic rings. The number of carbonyl (C=O) groups is 1. The van der Waals surface area contributed by atoms with E-state index in [1.807, 2.05) is 24.3 Å². The fourth-order valence-corrected chi connectivity index (χ4v) is 1.48. The number of likely N-dealkylation sites (N-methyl/N-ethyl adjacent to an activating group) is 1. The van der Waals surface area contributed by atoms with Gasteiger partial charge in [-0.15, -0.1) is 11.6 Å². The van der Waals surface area contributed by atoms with Gasteiger partial charge < -0.3 is 10.1 Å². The third-order valence-corrected chi connectivity index (χ3v) is 2.51. The molecule has 0 aliphatic heterocycles. The monoisotopic (exact) mass is 227 g/mol. The molecule has 0 spiro atoms. The first kappa shape index (κ1) is 12.0. The Hall–Kier alpha value is -1.06. The lowest BCUT2D eigenvalue weighted by atomic mass is 10.1. The average molecular weight is 228 g/mol. The number of ether oxygens (including phenoxy) is 1. The van der Waals surface area contributed by atoms with E-state index in [1.54, 1.807) is 14.2 Å². The van der Waals surface area contributed by atoms with Gasteiger partial charge in [-0.1, -0.05) is 24.3 Å². The molecule has 15 heavy (non-hydrogen) atoms. The number of benzene rings is 1. The Morgan fingerprint density at radius 1 is 1.47 bits per heavy atom. The highest BCUT2D eigenvalue weighted by Crippen LogP contribution is 2.20. The zero-order chi connectivity index (χ0) is 11.3. The summed E-state index contributed by atoms with van der Waals surface area (Å²) in [5.74, 6) is -0.198. The van der Waals surface area contributed by atoms with E-state index in [0.717, 1.165) is 11.1 Å². The molecule has 1 atom stereocenters. The van der Waals surface area contributed by atoms with Crippen LogP contribution in [0, 0.1) is 0 Å². The molecule has 0 saturated heterocycles. The van der Waals surface area contributed by atoms with Crippen molar-refractivity contribution in [3.8, 4) is 0 Å². The molecule has 0 aromatic heterocycles. The lowest BCUT2D eigenvalue weighted by molar-refractivity contribution is -0.120. The van der Waals surface area contributed by atoms with Crippen molar-refractivity contribution in [2.24, 2.45) is 0 Å². The number of amides is 1. The molecule has 0 saturated carbocycles. The van der Waals surface area contributed by atoms with E-state index in [9.17, 15) is 4.79 Å². The second kappa shape index (κ2) is 5.73. The highest BCUT2D eigenvalue weighted by atomic mass is 35.5. The third-order valence-electron chi connectivity index (χ3n) is 2.06. The Balaban J connectivity index is 2.75. The molecule has 0 aliphatic carbocycles. The number of alkyl halides is 1. The molecule has 4 heteroatoms. The number of methoxy groups -OCH3 is 1. The molecule has 1 aromatic carbocycles. The maximum atomic E-state index is 11.3. The maximum Gasteiger partial charge on any atom is 0.242 e. The minimum atomic E-state index is -0.633. The standard InChI is InChI=1S/C11H14ClNO2/c1-13-11(14)10(12)9-5-3-8(4-6-9)7-15-2/h3-6,10H,7H2,1-2H3,(H,13,14). The molecular weight excluding hydrogens is 214 g/mol. The number of carbonyl (C=O) groups excluding carboxylic acids is 1. The molecule has 0 heterocycles. The van der Waals surface area contributed by atoms with Gasteiger partial charge >= 0.3 is 0 Å². The average Bonchev–Trinajstić information content (AvgIpc) is 2.28. The number of nitrogens with one attached hydrogen (secondary N) is 1. The topological polar surface area (TPSA) is 38.3 Å². The van der Waals surface area contributed by atoms with Crippen LogP contribution >= 0.6 is 11.6 Å². The molecule has 82 valence electrons. The first-order valence-electron chi connectivity index (χ1n) is 4.62. The van der Waals surface area contributed by atoms with Crippen LogP contribution in [0.25, 0.3) is 0 Å². The summed E-state index contributed by atoms with van der Waals surface area (Å²) in [6, 6.07) is 7.47. The fraction of sp³-hybridized carbons (Fsp3) is 0.364. The van der Waals surface area contributed by atoms with Crippen LogP contribution in [0.4, 0.5) is 0 Å².